The summed E-state index contributed by atoms with van der Waals surface area (Å²) in [6.45, 7) is 3.54. The highest BCUT2D eigenvalue weighted by atomic mass is 16.4. The van der Waals surface area contributed by atoms with Gasteiger partial charge in [-0.2, -0.15) is 0 Å². The lowest BCUT2D eigenvalue weighted by Gasteiger charge is -1.99. The van der Waals surface area contributed by atoms with Crippen LogP contribution in [0.15, 0.2) is 24.9 Å². The first-order chi connectivity index (χ1) is 5.74. The molecule has 0 fully saturated rings. The molecule has 0 unspecified atom stereocenters. The van der Waals surface area contributed by atoms with Crippen molar-refractivity contribution in [3.8, 4) is 0 Å². The van der Waals surface area contributed by atoms with Gasteiger partial charge in [-0.25, -0.2) is 0 Å². The lowest BCUT2D eigenvalue weighted by Crippen LogP contribution is -2.02. The average Bonchev–Trinajstić information content (AvgIpc) is 2.04. The van der Waals surface area contributed by atoms with Crippen molar-refractivity contribution in [2.75, 3.05) is 0 Å². The van der Waals surface area contributed by atoms with E-state index in [0.29, 0.717) is 11.3 Å². The Bertz CT molecular complexity index is 307. The number of rotatable bonds is 3. The Morgan fingerprint density at radius 1 is 1.75 bits per heavy atom. The molecule has 0 saturated carbocycles. The molecule has 3 nitrogen and oxygen atoms in total. The predicted molar refractivity (Wildman–Crippen MR) is 45.7 cm³/mol. The van der Waals surface area contributed by atoms with Crippen LogP contribution in [0.4, 0.5) is 0 Å². The van der Waals surface area contributed by atoms with Crippen LogP contribution in [0, 0.1) is 0 Å². The molecule has 0 aromatic carbocycles. The molecule has 1 rings (SSSR count). The van der Waals surface area contributed by atoms with Crippen LogP contribution >= 0.6 is 0 Å². The van der Waals surface area contributed by atoms with E-state index in [0.717, 1.165) is 0 Å². The van der Waals surface area contributed by atoms with Crippen molar-refractivity contribution in [1.29, 1.82) is 0 Å². The lowest BCUT2D eigenvalue weighted by molar-refractivity contribution is -0.136. The molecule has 12 heavy (non-hydrogen) atoms. The number of carboxylic acid groups (broad SMARTS) is 1. The Balaban J connectivity index is 2.96. The van der Waals surface area contributed by atoms with Gasteiger partial charge in [0.1, 0.15) is 0 Å². The van der Waals surface area contributed by atoms with E-state index in [-0.39, 0.29) is 6.42 Å². The standard InChI is InChI=1S/C9H9NO2/c1-2-8-7(6-9(11)12)4-3-5-10-8/h2-5H,1,6H2,(H,11,12). The first kappa shape index (κ1) is 8.46. The number of pyridine rings is 1. The van der Waals surface area contributed by atoms with Crippen molar-refractivity contribution >= 4 is 12.0 Å². The third-order valence-electron chi connectivity index (χ3n) is 1.46. The molecule has 3 heteroatoms. The number of hydrogen-bond donors (Lipinski definition) is 1. The molecule has 0 spiro atoms. The number of carboxylic acids is 1. The van der Waals surface area contributed by atoms with Crippen LogP contribution < -0.4 is 0 Å². The summed E-state index contributed by atoms with van der Waals surface area (Å²) in [5.41, 5.74) is 1.33. The summed E-state index contributed by atoms with van der Waals surface area (Å²) in [7, 11) is 0. The first-order valence-corrected chi connectivity index (χ1v) is 3.52. The maximum atomic E-state index is 10.4. The average molecular weight is 163 g/mol. The van der Waals surface area contributed by atoms with E-state index in [4.69, 9.17) is 5.11 Å². The SMILES string of the molecule is C=Cc1ncccc1CC(=O)O. The minimum atomic E-state index is -0.855. The fourth-order valence-electron chi connectivity index (χ4n) is 0.947. The molecule has 0 bridgehead atoms. The molecule has 1 aromatic rings. The second-order valence-corrected chi connectivity index (χ2v) is 2.32. The molecular weight excluding hydrogens is 154 g/mol. The molecule has 0 aliphatic rings. The largest absolute Gasteiger partial charge is 0.481 e. The fourth-order valence-corrected chi connectivity index (χ4v) is 0.947. The highest BCUT2D eigenvalue weighted by Gasteiger charge is 2.03. The zero-order valence-corrected chi connectivity index (χ0v) is 6.53. The highest BCUT2D eigenvalue weighted by Crippen LogP contribution is 2.06. The molecular formula is C9H9NO2. The van der Waals surface area contributed by atoms with Gasteiger partial charge in [-0.05, 0) is 17.7 Å². The number of carbonyl (C=O) groups is 1. The van der Waals surface area contributed by atoms with Gasteiger partial charge in [-0.15, -0.1) is 0 Å². The van der Waals surface area contributed by atoms with Crippen molar-refractivity contribution in [2.24, 2.45) is 0 Å². The van der Waals surface area contributed by atoms with E-state index < -0.39 is 5.97 Å². The van der Waals surface area contributed by atoms with Crippen LogP contribution in [0.1, 0.15) is 11.3 Å². The van der Waals surface area contributed by atoms with Gasteiger partial charge in [-0.1, -0.05) is 12.6 Å². The van der Waals surface area contributed by atoms with Crippen LogP contribution in [0.5, 0.6) is 0 Å². The summed E-state index contributed by atoms with van der Waals surface area (Å²) in [6, 6.07) is 3.45. The normalized spacial score (nSPS) is 9.33. The van der Waals surface area contributed by atoms with E-state index in [1.807, 2.05) is 0 Å². The Hall–Kier alpha value is -1.64. The third-order valence-corrected chi connectivity index (χ3v) is 1.46. The van der Waals surface area contributed by atoms with Crippen LogP contribution in [-0.2, 0) is 11.2 Å². The number of nitrogens with zero attached hydrogens (tertiary/aromatic N) is 1. The van der Waals surface area contributed by atoms with Crippen molar-refractivity contribution in [3.05, 3.63) is 36.2 Å². The molecule has 62 valence electrons. The molecule has 1 aromatic heterocycles. The second kappa shape index (κ2) is 3.67. The van der Waals surface area contributed by atoms with E-state index in [1.54, 1.807) is 24.4 Å². The van der Waals surface area contributed by atoms with E-state index in [9.17, 15) is 4.79 Å². The van der Waals surface area contributed by atoms with E-state index >= 15 is 0 Å². The van der Waals surface area contributed by atoms with Gasteiger partial charge in [0.15, 0.2) is 0 Å². The minimum absolute atomic E-state index is 0.00477. The van der Waals surface area contributed by atoms with Gasteiger partial charge in [0.2, 0.25) is 0 Å². The molecule has 0 aliphatic carbocycles. The molecule has 0 radical (unpaired) electrons. The summed E-state index contributed by atoms with van der Waals surface area (Å²) in [5, 5.41) is 8.52. The van der Waals surface area contributed by atoms with Crippen LogP contribution in [0.3, 0.4) is 0 Å². The Morgan fingerprint density at radius 3 is 3.08 bits per heavy atom. The van der Waals surface area contributed by atoms with Gasteiger partial charge in [-0.3, -0.25) is 9.78 Å². The van der Waals surface area contributed by atoms with Crippen molar-refractivity contribution in [1.82, 2.24) is 4.98 Å². The predicted octanol–water partition coefficient (Wildman–Crippen LogP) is 1.35. The van der Waals surface area contributed by atoms with Crippen molar-refractivity contribution in [2.45, 2.75) is 6.42 Å². The number of aliphatic carboxylic acids is 1. The van der Waals surface area contributed by atoms with Crippen LogP contribution in [0.2, 0.25) is 0 Å². The maximum absolute atomic E-state index is 10.4. The fraction of sp³-hybridized carbons (Fsp3) is 0.111. The van der Waals surface area contributed by atoms with Gasteiger partial charge in [0.05, 0.1) is 12.1 Å². The van der Waals surface area contributed by atoms with E-state index in [2.05, 4.69) is 11.6 Å². The number of aromatic nitrogens is 1. The Kier molecular flexibility index (Phi) is 2.58. The summed E-state index contributed by atoms with van der Waals surface area (Å²) in [5.74, 6) is -0.855. The van der Waals surface area contributed by atoms with Gasteiger partial charge >= 0.3 is 5.97 Å². The summed E-state index contributed by atoms with van der Waals surface area (Å²) < 4.78 is 0. The topological polar surface area (TPSA) is 50.2 Å². The molecule has 0 aliphatic heterocycles. The van der Waals surface area contributed by atoms with Crippen LogP contribution in [-0.4, -0.2) is 16.1 Å². The van der Waals surface area contributed by atoms with Gasteiger partial charge in [0.25, 0.3) is 0 Å². The lowest BCUT2D eigenvalue weighted by atomic mass is 10.1. The first-order valence-electron chi connectivity index (χ1n) is 3.52. The van der Waals surface area contributed by atoms with Gasteiger partial charge in [0, 0.05) is 6.20 Å². The van der Waals surface area contributed by atoms with Gasteiger partial charge < -0.3 is 5.11 Å². The molecule has 0 atom stereocenters. The molecule has 0 amide bonds. The summed E-state index contributed by atoms with van der Waals surface area (Å²) in [4.78, 5) is 14.3. The zero-order chi connectivity index (χ0) is 8.97. The highest BCUT2D eigenvalue weighted by molar-refractivity contribution is 5.71. The van der Waals surface area contributed by atoms with E-state index in [1.165, 1.54) is 0 Å². The second-order valence-electron chi connectivity index (χ2n) is 2.32. The molecule has 0 saturated heterocycles. The molecule has 1 heterocycles. The third kappa shape index (κ3) is 1.92. The quantitative estimate of drug-likeness (QED) is 0.731. The maximum Gasteiger partial charge on any atom is 0.307 e. The van der Waals surface area contributed by atoms with Crippen molar-refractivity contribution in [3.63, 3.8) is 0 Å². The zero-order valence-electron chi connectivity index (χ0n) is 6.53. The number of hydrogen-bond acceptors (Lipinski definition) is 2. The summed E-state index contributed by atoms with van der Waals surface area (Å²) >= 11 is 0. The Labute approximate surface area is 70.4 Å². The smallest absolute Gasteiger partial charge is 0.307 e. The Morgan fingerprint density at radius 2 is 2.50 bits per heavy atom. The minimum Gasteiger partial charge on any atom is -0.481 e. The van der Waals surface area contributed by atoms with Crippen LogP contribution in [0.25, 0.3) is 6.08 Å². The van der Waals surface area contributed by atoms with Crippen molar-refractivity contribution < 1.29 is 9.90 Å². The monoisotopic (exact) mass is 163 g/mol. The summed E-state index contributed by atoms with van der Waals surface area (Å²) in [6.07, 6.45) is 3.16. The molecule has 1 N–H and O–H groups in total.